The maximum Gasteiger partial charge on any atom is 0.254 e. The van der Waals surface area contributed by atoms with Gasteiger partial charge in [0.15, 0.2) is 12.4 Å². The molecular weight excluding hydrogens is 315 g/mol. The second-order valence-corrected chi connectivity index (χ2v) is 3.39. The van der Waals surface area contributed by atoms with E-state index in [1.54, 1.807) is 0 Å². The van der Waals surface area contributed by atoms with Crippen LogP contribution in [0, 0.1) is 0 Å². The predicted octanol–water partition coefficient (Wildman–Crippen LogP) is -1.52. The number of amides is 1. The molecule has 1 rings (SSSR count). The first-order valence-electron chi connectivity index (χ1n) is 5.51. The number of hydrogen-bond donors (Lipinski definition) is 0. The van der Waals surface area contributed by atoms with Gasteiger partial charge in [0.1, 0.15) is 6.54 Å². The van der Waals surface area contributed by atoms with Crippen molar-refractivity contribution in [3.63, 3.8) is 0 Å². The highest BCUT2D eigenvalue weighted by atomic mass is 127. The van der Waals surface area contributed by atoms with Gasteiger partial charge in [-0.3, -0.25) is 4.79 Å². The van der Waals surface area contributed by atoms with E-state index in [0.717, 1.165) is 25.2 Å². The SMILES string of the molecule is CCN(CC)C(=O)c1cc[n+](CC)cc1.[I-]. The monoisotopic (exact) mass is 334 g/mol. The van der Waals surface area contributed by atoms with Crippen LogP contribution in [0.3, 0.4) is 0 Å². The summed E-state index contributed by atoms with van der Waals surface area (Å²) in [7, 11) is 0. The maximum atomic E-state index is 11.9. The Kier molecular flexibility index (Phi) is 7.29. The van der Waals surface area contributed by atoms with Gasteiger partial charge >= 0.3 is 0 Å². The van der Waals surface area contributed by atoms with Crippen LogP contribution in [0.25, 0.3) is 0 Å². The molecule has 0 aliphatic rings. The van der Waals surface area contributed by atoms with Crippen molar-refractivity contribution in [1.29, 1.82) is 0 Å². The lowest BCUT2D eigenvalue weighted by Gasteiger charge is -2.17. The van der Waals surface area contributed by atoms with Gasteiger partial charge in [0.05, 0.1) is 5.56 Å². The van der Waals surface area contributed by atoms with E-state index in [1.165, 1.54) is 0 Å². The summed E-state index contributed by atoms with van der Waals surface area (Å²) >= 11 is 0. The fraction of sp³-hybridized carbons (Fsp3) is 0.500. The molecule has 0 aromatic carbocycles. The minimum absolute atomic E-state index is 0. The molecule has 1 amide bonds. The Morgan fingerprint density at radius 1 is 1.19 bits per heavy atom. The number of nitrogens with zero attached hydrogens (tertiary/aromatic N) is 2. The molecule has 0 saturated carbocycles. The highest BCUT2D eigenvalue weighted by Crippen LogP contribution is 2.02. The minimum atomic E-state index is 0. The van der Waals surface area contributed by atoms with Crippen molar-refractivity contribution in [3.8, 4) is 0 Å². The first-order chi connectivity index (χ1) is 7.22. The van der Waals surface area contributed by atoms with Crippen molar-refractivity contribution in [2.45, 2.75) is 27.3 Å². The van der Waals surface area contributed by atoms with Crippen LogP contribution in [-0.4, -0.2) is 23.9 Å². The van der Waals surface area contributed by atoms with E-state index in [1.807, 2.05) is 47.8 Å². The second-order valence-electron chi connectivity index (χ2n) is 3.39. The summed E-state index contributed by atoms with van der Waals surface area (Å²) in [6.45, 7) is 8.52. The lowest BCUT2D eigenvalue weighted by atomic mass is 10.2. The highest BCUT2D eigenvalue weighted by Gasteiger charge is 2.12. The van der Waals surface area contributed by atoms with E-state index in [0.29, 0.717) is 0 Å². The van der Waals surface area contributed by atoms with E-state index in [-0.39, 0.29) is 29.9 Å². The lowest BCUT2D eigenvalue weighted by Crippen LogP contribution is -3.00. The largest absolute Gasteiger partial charge is 1.00 e. The molecular formula is C12H19IN2O. The van der Waals surface area contributed by atoms with E-state index in [4.69, 9.17) is 0 Å². The van der Waals surface area contributed by atoms with Crippen LogP contribution in [-0.2, 0) is 6.54 Å². The third kappa shape index (κ3) is 3.73. The Hall–Kier alpha value is -0.650. The van der Waals surface area contributed by atoms with Crippen molar-refractivity contribution in [1.82, 2.24) is 4.90 Å². The summed E-state index contributed by atoms with van der Waals surface area (Å²) in [5, 5.41) is 0. The summed E-state index contributed by atoms with van der Waals surface area (Å²) in [5.74, 6) is 0.114. The Morgan fingerprint density at radius 3 is 2.06 bits per heavy atom. The number of pyridine rings is 1. The number of carbonyl (C=O) groups excluding carboxylic acids is 1. The van der Waals surface area contributed by atoms with Gasteiger partial charge in [-0.15, -0.1) is 0 Å². The van der Waals surface area contributed by atoms with Gasteiger partial charge in [-0.25, -0.2) is 4.57 Å². The molecule has 1 aromatic rings. The van der Waals surface area contributed by atoms with Crippen molar-refractivity contribution in [2.75, 3.05) is 13.1 Å². The van der Waals surface area contributed by atoms with Gasteiger partial charge in [0.25, 0.3) is 5.91 Å². The predicted molar refractivity (Wildman–Crippen MR) is 59.6 cm³/mol. The molecule has 0 N–H and O–H groups in total. The zero-order chi connectivity index (χ0) is 11.3. The fourth-order valence-corrected chi connectivity index (χ4v) is 1.50. The molecule has 90 valence electrons. The Balaban J connectivity index is 0.00000225. The van der Waals surface area contributed by atoms with Crippen LogP contribution in [0.1, 0.15) is 31.1 Å². The molecule has 0 bridgehead atoms. The van der Waals surface area contributed by atoms with Crippen LogP contribution < -0.4 is 28.5 Å². The van der Waals surface area contributed by atoms with Gasteiger partial charge < -0.3 is 28.9 Å². The fourth-order valence-electron chi connectivity index (χ4n) is 1.50. The summed E-state index contributed by atoms with van der Waals surface area (Å²) in [5.41, 5.74) is 0.767. The molecule has 0 radical (unpaired) electrons. The quantitative estimate of drug-likeness (QED) is 0.485. The zero-order valence-electron chi connectivity index (χ0n) is 10.1. The number of aromatic nitrogens is 1. The Morgan fingerprint density at radius 2 is 1.69 bits per heavy atom. The summed E-state index contributed by atoms with van der Waals surface area (Å²) < 4.78 is 2.04. The zero-order valence-corrected chi connectivity index (χ0v) is 12.3. The van der Waals surface area contributed by atoms with Crippen LogP contribution in [0.5, 0.6) is 0 Å². The third-order valence-electron chi connectivity index (χ3n) is 2.55. The molecule has 1 aromatic heterocycles. The standard InChI is InChI=1S/C12H19N2O.HI/c1-4-13-9-7-11(8-10-13)12(15)14(5-2)6-3;/h7-10H,4-6H2,1-3H3;1H/q+1;/p-1. The van der Waals surface area contributed by atoms with Gasteiger partial charge in [-0.05, 0) is 20.8 Å². The Bertz CT molecular complexity index is 320. The van der Waals surface area contributed by atoms with E-state index < -0.39 is 0 Å². The average molecular weight is 334 g/mol. The number of aryl methyl sites for hydroxylation is 1. The van der Waals surface area contributed by atoms with Crippen LogP contribution in [0.4, 0.5) is 0 Å². The van der Waals surface area contributed by atoms with Gasteiger partial charge in [0.2, 0.25) is 0 Å². The molecule has 1 heterocycles. The molecule has 16 heavy (non-hydrogen) atoms. The Labute approximate surface area is 114 Å². The third-order valence-corrected chi connectivity index (χ3v) is 2.55. The van der Waals surface area contributed by atoms with Gasteiger partial charge in [-0.2, -0.15) is 0 Å². The number of rotatable bonds is 4. The highest BCUT2D eigenvalue weighted by molar-refractivity contribution is 5.93. The van der Waals surface area contributed by atoms with Crippen LogP contribution >= 0.6 is 0 Å². The molecule has 0 aliphatic carbocycles. The normalized spacial score (nSPS) is 9.44. The molecule has 0 saturated heterocycles. The van der Waals surface area contributed by atoms with E-state index in [9.17, 15) is 4.79 Å². The van der Waals surface area contributed by atoms with Crippen molar-refractivity contribution in [2.24, 2.45) is 0 Å². The summed E-state index contributed by atoms with van der Waals surface area (Å²) in [4.78, 5) is 13.7. The first kappa shape index (κ1) is 15.3. The van der Waals surface area contributed by atoms with Crippen molar-refractivity contribution in [3.05, 3.63) is 30.1 Å². The molecule has 0 atom stereocenters. The molecule has 0 fully saturated rings. The van der Waals surface area contributed by atoms with Gasteiger partial charge in [-0.1, -0.05) is 0 Å². The molecule has 4 heteroatoms. The first-order valence-corrected chi connectivity index (χ1v) is 5.51. The van der Waals surface area contributed by atoms with Crippen molar-refractivity contribution < 1.29 is 33.3 Å². The lowest BCUT2D eigenvalue weighted by molar-refractivity contribution is -0.693. The summed E-state index contributed by atoms with van der Waals surface area (Å²) in [6.07, 6.45) is 3.88. The van der Waals surface area contributed by atoms with Crippen LogP contribution in [0.2, 0.25) is 0 Å². The number of hydrogen-bond acceptors (Lipinski definition) is 1. The molecule has 0 spiro atoms. The molecule has 3 nitrogen and oxygen atoms in total. The number of carbonyl (C=O) groups is 1. The topological polar surface area (TPSA) is 24.2 Å². The maximum absolute atomic E-state index is 11.9. The molecule has 0 aliphatic heterocycles. The van der Waals surface area contributed by atoms with E-state index >= 15 is 0 Å². The van der Waals surface area contributed by atoms with Crippen LogP contribution in [0.15, 0.2) is 24.5 Å². The number of halogens is 1. The van der Waals surface area contributed by atoms with Crippen molar-refractivity contribution >= 4 is 5.91 Å². The molecule has 0 unspecified atom stereocenters. The summed E-state index contributed by atoms with van der Waals surface area (Å²) in [6, 6.07) is 3.76. The van der Waals surface area contributed by atoms with E-state index in [2.05, 4.69) is 6.92 Å². The minimum Gasteiger partial charge on any atom is -1.00 e. The smallest absolute Gasteiger partial charge is 0.254 e. The average Bonchev–Trinajstić information content (AvgIpc) is 2.30. The van der Waals surface area contributed by atoms with Gasteiger partial charge in [0, 0.05) is 25.2 Å². The second kappa shape index (κ2) is 7.60.